The van der Waals surface area contributed by atoms with E-state index in [1.54, 1.807) is 13.2 Å². The number of halogens is 1. The Kier molecular flexibility index (Phi) is 6.93. The van der Waals surface area contributed by atoms with E-state index in [4.69, 9.17) is 16.3 Å². The van der Waals surface area contributed by atoms with Gasteiger partial charge in [-0.3, -0.25) is 4.79 Å². The van der Waals surface area contributed by atoms with Crippen LogP contribution < -0.4 is 4.74 Å². The van der Waals surface area contributed by atoms with Crippen molar-refractivity contribution in [1.29, 1.82) is 0 Å². The van der Waals surface area contributed by atoms with Crippen molar-refractivity contribution in [3.05, 3.63) is 125 Å². The highest BCUT2D eigenvalue weighted by Gasteiger charge is 2.19. The second-order valence-electron chi connectivity index (χ2n) is 7.60. The minimum atomic E-state index is -0.0433. The number of amides is 1. The molecule has 162 valence electrons. The Labute approximate surface area is 193 Å². The molecule has 0 aliphatic rings. The molecule has 0 spiro atoms. The van der Waals surface area contributed by atoms with Gasteiger partial charge in [0.1, 0.15) is 5.75 Å². The number of carbonyl (C=O) groups is 1. The zero-order chi connectivity index (χ0) is 22.3. The van der Waals surface area contributed by atoms with Crippen LogP contribution in [0.3, 0.4) is 0 Å². The third-order valence-corrected chi connectivity index (χ3v) is 5.76. The average Bonchev–Trinajstić information content (AvgIpc) is 3.27. The number of hydrogen-bond donors (Lipinski definition) is 0. The summed E-state index contributed by atoms with van der Waals surface area (Å²) in [6.07, 6.45) is 2.02. The summed E-state index contributed by atoms with van der Waals surface area (Å²) in [4.78, 5) is 15.4. The van der Waals surface area contributed by atoms with Crippen molar-refractivity contribution in [2.45, 2.75) is 19.6 Å². The first-order valence-electron chi connectivity index (χ1n) is 10.5. The van der Waals surface area contributed by atoms with Crippen LogP contribution in [0.5, 0.6) is 5.75 Å². The van der Waals surface area contributed by atoms with Gasteiger partial charge in [0.05, 0.1) is 13.7 Å². The number of hydrogen-bond acceptors (Lipinski definition) is 2. The first-order chi connectivity index (χ1) is 15.6. The number of benzene rings is 3. The maximum Gasteiger partial charge on any atom is 0.254 e. The van der Waals surface area contributed by atoms with Gasteiger partial charge in [-0.1, -0.05) is 66.2 Å². The van der Waals surface area contributed by atoms with Crippen molar-refractivity contribution in [1.82, 2.24) is 9.47 Å². The van der Waals surface area contributed by atoms with E-state index < -0.39 is 0 Å². The first-order valence-corrected chi connectivity index (χ1v) is 10.9. The predicted molar refractivity (Wildman–Crippen MR) is 128 cm³/mol. The molecule has 0 aliphatic heterocycles. The molecule has 1 amide bonds. The number of aromatic nitrogens is 1. The topological polar surface area (TPSA) is 34.5 Å². The molecular formula is C27H25ClN2O2. The van der Waals surface area contributed by atoms with Gasteiger partial charge >= 0.3 is 0 Å². The van der Waals surface area contributed by atoms with Gasteiger partial charge in [0.2, 0.25) is 0 Å². The minimum absolute atomic E-state index is 0.0433. The standard InChI is InChI=1S/C27H25ClN2O2/c1-32-25-14-7-12-22(17-25)27(31)30(18-21-9-3-2-4-10-21)20-24-13-8-16-29(24)19-23-11-5-6-15-26(23)28/h2-17H,18-20H2,1H3. The molecule has 5 heteroatoms. The molecule has 0 radical (unpaired) electrons. The van der Waals surface area contributed by atoms with Crippen molar-refractivity contribution < 1.29 is 9.53 Å². The van der Waals surface area contributed by atoms with Crippen LogP contribution in [0.1, 0.15) is 27.2 Å². The second-order valence-corrected chi connectivity index (χ2v) is 8.00. The lowest BCUT2D eigenvalue weighted by Gasteiger charge is -2.24. The fraction of sp³-hybridized carbons (Fsp3) is 0.148. The highest BCUT2D eigenvalue weighted by molar-refractivity contribution is 6.31. The molecule has 1 heterocycles. The fourth-order valence-electron chi connectivity index (χ4n) is 3.69. The highest BCUT2D eigenvalue weighted by atomic mass is 35.5. The largest absolute Gasteiger partial charge is 0.497 e. The first kappa shape index (κ1) is 21.7. The van der Waals surface area contributed by atoms with E-state index in [0.717, 1.165) is 21.8 Å². The number of rotatable bonds is 8. The van der Waals surface area contributed by atoms with Crippen LogP contribution in [0.15, 0.2) is 97.2 Å². The molecule has 0 N–H and O–H groups in total. The van der Waals surface area contributed by atoms with Gasteiger partial charge in [-0.25, -0.2) is 0 Å². The van der Waals surface area contributed by atoms with Gasteiger partial charge in [0.15, 0.2) is 0 Å². The van der Waals surface area contributed by atoms with E-state index in [9.17, 15) is 4.79 Å². The van der Waals surface area contributed by atoms with E-state index >= 15 is 0 Å². The molecule has 0 saturated carbocycles. The van der Waals surface area contributed by atoms with Crippen molar-refractivity contribution in [2.75, 3.05) is 7.11 Å². The van der Waals surface area contributed by atoms with Crippen LogP contribution in [0.2, 0.25) is 5.02 Å². The van der Waals surface area contributed by atoms with E-state index in [-0.39, 0.29) is 5.91 Å². The molecule has 0 atom stereocenters. The fourth-order valence-corrected chi connectivity index (χ4v) is 3.89. The predicted octanol–water partition coefficient (Wildman–Crippen LogP) is 6.04. The normalized spacial score (nSPS) is 10.7. The number of nitrogens with zero attached hydrogens (tertiary/aromatic N) is 2. The van der Waals surface area contributed by atoms with Crippen molar-refractivity contribution in [3.63, 3.8) is 0 Å². The Morgan fingerprint density at radius 2 is 1.69 bits per heavy atom. The molecule has 0 bridgehead atoms. The van der Waals surface area contributed by atoms with Gasteiger partial charge in [-0.05, 0) is 47.5 Å². The molecule has 0 unspecified atom stereocenters. The monoisotopic (exact) mass is 444 g/mol. The molecule has 4 nitrogen and oxygen atoms in total. The minimum Gasteiger partial charge on any atom is -0.497 e. The molecule has 3 aromatic carbocycles. The quantitative estimate of drug-likeness (QED) is 0.332. The summed E-state index contributed by atoms with van der Waals surface area (Å²) in [6, 6.07) is 29.2. The van der Waals surface area contributed by atoms with Crippen molar-refractivity contribution in [3.8, 4) is 5.75 Å². The number of methoxy groups -OCH3 is 1. The van der Waals surface area contributed by atoms with Crippen LogP contribution >= 0.6 is 11.6 Å². The van der Waals surface area contributed by atoms with Crippen molar-refractivity contribution in [2.24, 2.45) is 0 Å². The summed E-state index contributed by atoms with van der Waals surface area (Å²) in [5.74, 6) is 0.621. The summed E-state index contributed by atoms with van der Waals surface area (Å²) in [5, 5.41) is 0.737. The van der Waals surface area contributed by atoms with Crippen LogP contribution in [0.25, 0.3) is 0 Å². The van der Waals surface area contributed by atoms with E-state index in [2.05, 4.69) is 4.57 Å². The summed E-state index contributed by atoms with van der Waals surface area (Å²) >= 11 is 6.38. The average molecular weight is 445 g/mol. The smallest absolute Gasteiger partial charge is 0.254 e. The SMILES string of the molecule is COc1cccc(C(=O)N(Cc2ccccc2)Cc2cccn2Cc2ccccc2Cl)c1. The van der Waals surface area contributed by atoms with Crippen LogP contribution in [0.4, 0.5) is 0 Å². The molecule has 32 heavy (non-hydrogen) atoms. The second kappa shape index (κ2) is 10.2. The maximum absolute atomic E-state index is 13.5. The van der Waals surface area contributed by atoms with E-state index in [1.165, 1.54) is 0 Å². The highest BCUT2D eigenvalue weighted by Crippen LogP contribution is 2.21. The van der Waals surface area contributed by atoms with E-state index in [0.29, 0.717) is 30.9 Å². The Morgan fingerprint density at radius 3 is 2.47 bits per heavy atom. The molecular weight excluding hydrogens is 420 g/mol. The van der Waals surface area contributed by atoms with Crippen LogP contribution in [0, 0.1) is 0 Å². The Hall–Kier alpha value is -3.50. The zero-order valence-electron chi connectivity index (χ0n) is 17.9. The van der Waals surface area contributed by atoms with Crippen LogP contribution in [-0.2, 0) is 19.6 Å². The Morgan fingerprint density at radius 1 is 0.906 bits per heavy atom. The zero-order valence-corrected chi connectivity index (χ0v) is 18.7. The van der Waals surface area contributed by atoms with Gasteiger partial charge < -0.3 is 14.2 Å². The molecule has 0 fully saturated rings. The molecule has 4 rings (SSSR count). The van der Waals surface area contributed by atoms with E-state index in [1.807, 2.05) is 96.0 Å². The Balaban J connectivity index is 1.62. The summed E-state index contributed by atoms with van der Waals surface area (Å²) < 4.78 is 7.46. The molecule has 0 saturated heterocycles. The summed E-state index contributed by atoms with van der Waals surface area (Å²) in [5.41, 5.74) is 3.76. The third kappa shape index (κ3) is 5.21. The van der Waals surface area contributed by atoms with Crippen LogP contribution in [-0.4, -0.2) is 22.5 Å². The van der Waals surface area contributed by atoms with Gasteiger partial charge in [0.25, 0.3) is 5.91 Å². The maximum atomic E-state index is 13.5. The summed E-state index contributed by atoms with van der Waals surface area (Å²) in [6.45, 7) is 1.63. The third-order valence-electron chi connectivity index (χ3n) is 5.40. The molecule has 4 aromatic rings. The lowest BCUT2D eigenvalue weighted by Crippen LogP contribution is -2.31. The lowest BCUT2D eigenvalue weighted by atomic mass is 10.1. The summed E-state index contributed by atoms with van der Waals surface area (Å²) in [7, 11) is 1.60. The molecule has 0 aliphatic carbocycles. The van der Waals surface area contributed by atoms with Gasteiger partial charge in [-0.15, -0.1) is 0 Å². The number of carbonyl (C=O) groups excluding carboxylic acids is 1. The van der Waals surface area contributed by atoms with Gasteiger partial charge in [0, 0.05) is 35.6 Å². The Bertz CT molecular complexity index is 1190. The number of ether oxygens (including phenoxy) is 1. The van der Waals surface area contributed by atoms with Crippen molar-refractivity contribution >= 4 is 17.5 Å². The lowest BCUT2D eigenvalue weighted by molar-refractivity contribution is 0.0726. The molecule has 1 aromatic heterocycles. The van der Waals surface area contributed by atoms with Gasteiger partial charge in [-0.2, -0.15) is 0 Å².